The summed E-state index contributed by atoms with van der Waals surface area (Å²) in [7, 11) is 3.52. The third-order valence-electron chi connectivity index (χ3n) is 5.91. The third-order valence-corrected chi connectivity index (χ3v) is 5.91. The summed E-state index contributed by atoms with van der Waals surface area (Å²) in [4.78, 5) is 17.5. The highest BCUT2D eigenvalue weighted by atomic mass is 16.6. The zero-order chi connectivity index (χ0) is 36.5. The fourth-order valence-electron chi connectivity index (χ4n) is 3.55. The van der Waals surface area contributed by atoms with Crippen LogP contribution in [0.4, 0.5) is 0 Å². The predicted molar refractivity (Wildman–Crippen MR) is 196 cm³/mol. The molecule has 9 heteroatoms. The number of rotatable bonds is 11. The number of carbonyl (C=O) groups is 1. The first-order valence-corrected chi connectivity index (χ1v) is 16.2. The number of aliphatic hydroxyl groups excluding tert-OH is 2. The summed E-state index contributed by atoms with van der Waals surface area (Å²) in [6.07, 6.45) is 4.28. The van der Waals surface area contributed by atoms with Gasteiger partial charge in [0.05, 0.1) is 5.71 Å². The minimum Gasteiger partial charge on any atom is -0.400 e. The summed E-state index contributed by atoms with van der Waals surface area (Å²) in [5.74, 6) is 5.68. The Kier molecular flexibility index (Phi) is 36.8. The summed E-state index contributed by atoms with van der Waals surface area (Å²) >= 11 is 0. The van der Waals surface area contributed by atoms with Crippen molar-refractivity contribution in [1.82, 2.24) is 5.32 Å². The fraction of sp³-hybridized carbons (Fsp3) is 0.568. The first kappa shape index (κ1) is 49.3. The van der Waals surface area contributed by atoms with Crippen molar-refractivity contribution in [2.24, 2.45) is 5.16 Å². The van der Waals surface area contributed by atoms with Crippen molar-refractivity contribution in [3.8, 4) is 11.8 Å². The molecule has 0 atom stereocenters. The fourth-order valence-corrected chi connectivity index (χ4v) is 3.55. The largest absolute Gasteiger partial charge is 0.400 e. The molecule has 46 heavy (non-hydrogen) atoms. The molecule has 1 aromatic carbocycles. The molecule has 0 saturated carbocycles. The van der Waals surface area contributed by atoms with Crippen LogP contribution in [0.2, 0.25) is 0 Å². The van der Waals surface area contributed by atoms with Crippen LogP contribution in [0.5, 0.6) is 0 Å². The highest BCUT2D eigenvalue weighted by Crippen LogP contribution is 2.30. The first-order chi connectivity index (χ1) is 22.2. The minimum absolute atomic E-state index is 0.0346. The molecule has 1 amide bonds. The molecule has 1 aliphatic carbocycles. The molecule has 0 unspecified atom stereocenters. The van der Waals surface area contributed by atoms with Gasteiger partial charge in [-0.3, -0.25) is 15.6 Å². The summed E-state index contributed by atoms with van der Waals surface area (Å²) < 4.78 is 5.13. The van der Waals surface area contributed by atoms with E-state index in [0.29, 0.717) is 24.1 Å². The first-order valence-electron chi connectivity index (χ1n) is 16.2. The van der Waals surface area contributed by atoms with Crippen LogP contribution in [0.25, 0.3) is 0 Å². The molecule has 1 aromatic rings. The number of hydrogen-bond acceptors (Lipinski definition) is 8. The second-order valence-electron chi connectivity index (χ2n) is 9.12. The van der Waals surface area contributed by atoms with Gasteiger partial charge in [-0.05, 0) is 69.7 Å². The summed E-state index contributed by atoms with van der Waals surface area (Å²) in [5, 5.41) is 37.2. The van der Waals surface area contributed by atoms with E-state index in [1.165, 1.54) is 18.2 Å². The van der Waals surface area contributed by atoms with E-state index < -0.39 is 5.91 Å². The summed E-state index contributed by atoms with van der Waals surface area (Å²) in [6.45, 7) is 22.1. The van der Waals surface area contributed by atoms with E-state index in [0.717, 1.165) is 63.4 Å². The number of nitrogens with zero attached hydrogens (tertiary/aromatic N) is 1. The molecule has 0 spiro atoms. The van der Waals surface area contributed by atoms with Gasteiger partial charge in [0.1, 0.15) is 18.0 Å². The van der Waals surface area contributed by atoms with Crippen LogP contribution in [-0.4, -0.2) is 74.3 Å². The predicted octanol–water partition coefficient (Wildman–Crippen LogP) is 7.49. The van der Waals surface area contributed by atoms with Crippen molar-refractivity contribution in [1.29, 1.82) is 10.8 Å². The number of hydrogen-bond donors (Lipinski definition) is 5. The van der Waals surface area contributed by atoms with Crippen molar-refractivity contribution in [3.05, 3.63) is 57.7 Å². The topological polar surface area (TPSA) is 148 Å². The lowest BCUT2D eigenvalue weighted by molar-refractivity contribution is -0.114. The maximum Gasteiger partial charge on any atom is 0.269 e. The Morgan fingerprint density at radius 1 is 0.891 bits per heavy atom. The van der Waals surface area contributed by atoms with Crippen LogP contribution in [0, 0.1) is 22.7 Å². The van der Waals surface area contributed by atoms with Crippen LogP contribution in [0.1, 0.15) is 112 Å². The van der Waals surface area contributed by atoms with Gasteiger partial charge >= 0.3 is 0 Å². The maximum absolute atomic E-state index is 12.0. The Hall–Kier alpha value is -3.58. The summed E-state index contributed by atoms with van der Waals surface area (Å²) in [5.41, 5.74) is 6.29. The number of carbonyl (C=O) groups excluding carboxylic acids is 1. The van der Waals surface area contributed by atoms with Gasteiger partial charge in [-0.25, -0.2) is 0 Å². The molecule has 0 saturated heterocycles. The number of oxime groups is 1. The van der Waals surface area contributed by atoms with Crippen molar-refractivity contribution in [2.75, 3.05) is 41.1 Å². The highest BCUT2D eigenvalue weighted by Gasteiger charge is 2.23. The normalized spacial score (nSPS) is 11.4. The number of benzene rings is 1. The summed E-state index contributed by atoms with van der Waals surface area (Å²) in [6, 6.07) is 7.48. The monoisotopic (exact) mass is 644 g/mol. The molecule has 0 heterocycles. The Morgan fingerprint density at radius 2 is 1.39 bits per heavy atom. The number of allylic oxidation sites excluding steroid dienone is 2. The van der Waals surface area contributed by atoms with Gasteiger partial charge in [-0.2, -0.15) is 0 Å². The molecule has 5 N–H and O–H groups in total. The number of aliphatic hydroxyl groups is 2. The molecule has 1 aliphatic rings. The van der Waals surface area contributed by atoms with Crippen LogP contribution in [0.3, 0.4) is 0 Å². The molecule has 0 aromatic heterocycles. The Bertz CT molecular complexity index is 1120. The van der Waals surface area contributed by atoms with Gasteiger partial charge in [0.15, 0.2) is 0 Å². The average Bonchev–Trinajstić information content (AvgIpc) is 3.11. The van der Waals surface area contributed by atoms with Crippen LogP contribution in [-0.2, 0) is 14.4 Å². The molecule has 9 nitrogen and oxygen atoms in total. The van der Waals surface area contributed by atoms with Crippen LogP contribution < -0.4 is 5.32 Å². The highest BCUT2D eigenvalue weighted by molar-refractivity contribution is 6.46. The van der Waals surface area contributed by atoms with Gasteiger partial charge < -0.3 is 25.1 Å². The quantitative estimate of drug-likeness (QED) is 0.0556. The lowest BCUT2D eigenvalue weighted by Crippen LogP contribution is -2.30. The molecule has 0 fully saturated rings. The van der Waals surface area contributed by atoms with Gasteiger partial charge in [-0.1, -0.05) is 88.7 Å². The Labute approximate surface area is 280 Å². The van der Waals surface area contributed by atoms with Gasteiger partial charge in [0, 0.05) is 52.0 Å². The van der Waals surface area contributed by atoms with Crippen molar-refractivity contribution < 1.29 is 24.6 Å². The van der Waals surface area contributed by atoms with Crippen LogP contribution >= 0.6 is 0 Å². The number of nitrogens with one attached hydrogen (secondary N) is 3. The van der Waals surface area contributed by atoms with E-state index in [9.17, 15) is 4.79 Å². The smallest absolute Gasteiger partial charge is 0.269 e. The number of amides is 1. The third kappa shape index (κ3) is 21.2. The number of ether oxygens (including phenoxy) is 1. The molecular formula is C37H64N4O5. The second kappa shape index (κ2) is 34.3. The van der Waals surface area contributed by atoms with E-state index in [1.54, 1.807) is 6.92 Å². The van der Waals surface area contributed by atoms with E-state index >= 15 is 0 Å². The van der Waals surface area contributed by atoms with E-state index in [2.05, 4.69) is 36.2 Å². The van der Waals surface area contributed by atoms with E-state index in [4.69, 9.17) is 30.6 Å². The van der Waals surface area contributed by atoms with E-state index in [1.807, 2.05) is 72.7 Å². The molecule has 262 valence electrons. The molecule has 0 radical (unpaired) electrons. The molecular weight excluding hydrogens is 580 g/mol. The van der Waals surface area contributed by atoms with Crippen molar-refractivity contribution in [3.63, 3.8) is 0 Å². The standard InChI is InChI=1S/C25H30N4O2.C6H14O.2C2H6.2CH4O/c1-6-7-8-19-9-11-20(12-10-19)23(26)18(4)29-31-15-21-13-16(2)17(3)14-22(21)24(27)25(30)28-5;1-3-5-7-6-4-2;4*1-2/h9-12,26-27H,6,13-15H2,1-5H3,(H,28,30);3-6H2,1-2H3;2*1-2H3;2*2H,1H3/b26-23?,27-24?,29-18+;;;;;. The van der Waals surface area contributed by atoms with Gasteiger partial charge in [0.25, 0.3) is 5.91 Å². The molecule has 0 bridgehead atoms. The maximum atomic E-state index is 12.0. The zero-order valence-corrected chi connectivity index (χ0v) is 31.0. The SMILES string of the molecule is CC.CC.CCC#Cc1ccc(C(=N)/C(C)=N/OCC2=C(C(=N)C(=O)NC)CC(C)=C(C)C2)cc1.CCCOCCC.CO.CO. The zero-order valence-electron chi connectivity index (χ0n) is 31.0. The van der Waals surface area contributed by atoms with Gasteiger partial charge in [-0.15, -0.1) is 0 Å². The second-order valence-corrected chi connectivity index (χ2v) is 9.12. The van der Waals surface area contributed by atoms with Gasteiger partial charge in [0.2, 0.25) is 0 Å². The van der Waals surface area contributed by atoms with E-state index in [-0.39, 0.29) is 18.0 Å². The van der Waals surface area contributed by atoms with Crippen molar-refractivity contribution in [2.45, 2.75) is 101 Å². The van der Waals surface area contributed by atoms with Crippen LogP contribution in [0.15, 0.2) is 51.7 Å². The lowest BCUT2D eigenvalue weighted by atomic mass is 9.85. The average molecular weight is 645 g/mol. The Balaban J connectivity index is -0.000000499. The Morgan fingerprint density at radius 3 is 1.85 bits per heavy atom. The molecule has 0 aliphatic heterocycles. The molecule has 2 rings (SSSR count). The lowest BCUT2D eigenvalue weighted by Gasteiger charge is -2.22. The minimum atomic E-state index is -0.409. The van der Waals surface area contributed by atoms with Crippen molar-refractivity contribution >= 4 is 23.0 Å².